The first kappa shape index (κ1) is 14.1. The molecule has 0 amide bonds. The summed E-state index contributed by atoms with van der Waals surface area (Å²) in [7, 11) is 0. The predicted octanol–water partition coefficient (Wildman–Crippen LogP) is 6.72. The van der Waals surface area contributed by atoms with Gasteiger partial charge in [0.25, 0.3) is 0 Å². The highest BCUT2D eigenvalue weighted by molar-refractivity contribution is 9.11. The lowest BCUT2D eigenvalue weighted by molar-refractivity contribution is 1.20. The van der Waals surface area contributed by atoms with Crippen molar-refractivity contribution in [1.29, 1.82) is 0 Å². The van der Waals surface area contributed by atoms with Crippen molar-refractivity contribution in [3.8, 4) is 0 Å². The number of halogens is 4. The number of alkyl halides is 1. The van der Waals surface area contributed by atoms with Gasteiger partial charge in [-0.1, -0.05) is 59.4 Å². The Balaban J connectivity index is 2.42. The molecule has 0 nitrogen and oxygen atoms in total. The average molecular weight is 459 g/mol. The molecule has 0 aliphatic carbocycles. The van der Waals surface area contributed by atoms with Crippen molar-refractivity contribution in [2.24, 2.45) is 0 Å². The summed E-state index contributed by atoms with van der Waals surface area (Å²) in [5.41, 5.74) is 2.32. The summed E-state index contributed by atoms with van der Waals surface area (Å²) in [6.45, 7) is 2.03. The Hall–Kier alpha value is 0.650. The van der Waals surface area contributed by atoms with Gasteiger partial charge in [0.2, 0.25) is 0 Å². The van der Waals surface area contributed by atoms with Crippen LogP contribution in [0.3, 0.4) is 0 Å². The number of aryl methyl sites for hydroxylation is 1. The van der Waals surface area contributed by atoms with E-state index in [0.29, 0.717) is 0 Å². The minimum absolute atomic E-state index is 0.158. The van der Waals surface area contributed by atoms with Gasteiger partial charge < -0.3 is 0 Å². The maximum atomic E-state index is 6.11. The van der Waals surface area contributed by atoms with E-state index in [1.165, 1.54) is 10.4 Å². The Morgan fingerprint density at radius 2 is 1.94 bits per heavy atom. The van der Waals surface area contributed by atoms with Crippen LogP contribution in [0.15, 0.2) is 33.2 Å². The molecule has 0 spiro atoms. The molecule has 0 bridgehead atoms. The zero-order chi connectivity index (χ0) is 12.6. The maximum absolute atomic E-state index is 6.11. The van der Waals surface area contributed by atoms with E-state index in [-0.39, 0.29) is 4.83 Å². The molecule has 0 saturated heterocycles. The lowest BCUT2D eigenvalue weighted by Crippen LogP contribution is -1.91. The van der Waals surface area contributed by atoms with Crippen molar-refractivity contribution in [1.82, 2.24) is 0 Å². The Morgan fingerprint density at radius 1 is 1.24 bits per heavy atom. The molecule has 0 saturated carbocycles. The van der Waals surface area contributed by atoms with E-state index < -0.39 is 0 Å². The monoisotopic (exact) mass is 456 g/mol. The van der Waals surface area contributed by atoms with Gasteiger partial charge in [0, 0.05) is 13.8 Å². The summed E-state index contributed by atoms with van der Waals surface area (Å²) < 4.78 is 3.01. The molecule has 0 aliphatic heterocycles. The SMILES string of the molecule is Cc1cc(C(Br)c2cc(Br)ccc2Br)sc1Cl. The number of benzene rings is 1. The summed E-state index contributed by atoms with van der Waals surface area (Å²) in [4.78, 5) is 1.37. The topological polar surface area (TPSA) is 0 Å². The summed E-state index contributed by atoms with van der Waals surface area (Å²) >= 11 is 18.5. The molecule has 90 valence electrons. The summed E-state index contributed by atoms with van der Waals surface area (Å²) in [5.74, 6) is 0. The predicted molar refractivity (Wildman–Crippen MR) is 86.7 cm³/mol. The van der Waals surface area contributed by atoms with E-state index in [2.05, 4.69) is 59.9 Å². The van der Waals surface area contributed by atoms with Crippen molar-refractivity contribution >= 4 is 70.7 Å². The van der Waals surface area contributed by atoms with Gasteiger partial charge >= 0.3 is 0 Å². The van der Waals surface area contributed by atoms with E-state index in [0.717, 1.165) is 18.8 Å². The van der Waals surface area contributed by atoms with Crippen molar-refractivity contribution in [2.75, 3.05) is 0 Å². The third-order valence-electron chi connectivity index (χ3n) is 2.36. The highest BCUT2D eigenvalue weighted by Gasteiger charge is 2.17. The van der Waals surface area contributed by atoms with Crippen LogP contribution >= 0.6 is 70.7 Å². The summed E-state index contributed by atoms with van der Waals surface area (Å²) in [6.07, 6.45) is 0. The average Bonchev–Trinajstić information content (AvgIpc) is 2.62. The van der Waals surface area contributed by atoms with Crippen LogP contribution in [0.4, 0.5) is 0 Å². The Morgan fingerprint density at radius 3 is 2.53 bits per heavy atom. The van der Waals surface area contributed by atoms with Gasteiger partial charge in [0.05, 0.1) is 9.16 Å². The highest BCUT2D eigenvalue weighted by Crippen LogP contribution is 2.41. The highest BCUT2D eigenvalue weighted by atomic mass is 79.9. The molecule has 5 heteroatoms. The fraction of sp³-hybridized carbons (Fsp3) is 0.167. The van der Waals surface area contributed by atoms with Gasteiger partial charge in [0.15, 0.2) is 0 Å². The first-order valence-electron chi connectivity index (χ1n) is 4.84. The van der Waals surface area contributed by atoms with Gasteiger partial charge in [-0.25, -0.2) is 0 Å². The standard InChI is InChI=1S/C12H8Br3ClS/c1-6-4-10(17-12(6)16)11(15)8-5-7(13)2-3-9(8)14/h2-5,11H,1H3. The first-order chi connectivity index (χ1) is 7.99. The van der Waals surface area contributed by atoms with Crippen molar-refractivity contribution in [3.05, 3.63) is 53.6 Å². The van der Waals surface area contributed by atoms with Gasteiger partial charge in [-0.3, -0.25) is 0 Å². The van der Waals surface area contributed by atoms with Crippen LogP contribution in [0.2, 0.25) is 4.34 Å². The Kier molecular flexibility index (Phi) is 4.75. The molecule has 17 heavy (non-hydrogen) atoms. The van der Waals surface area contributed by atoms with Gasteiger partial charge in [-0.15, -0.1) is 11.3 Å². The molecule has 2 aromatic rings. The minimum Gasteiger partial charge on any atom is -0.127 e. The molecule has 2 rings (SSSR count). The minimum atomic E-state index is 0.158. The van der Waals surface area contributed by atoms with Crippen LogP contribution in [0.1, 0.15) is 20.8 Å². The first-order valence-corrected chi connectivity index (χ1v) is 8.53. The summed E-state index contributed by atoms with van der Waals surface area (Å²) in [5, 5.41) is 0. The van der Waals surface area contributed by atoms with E-state index in [1.54, 1.807) is 11.3 Å². The Bertz CT molecular complexity index is 531. The lowest BCUT2D eigenvalue weighted by atomic mass is 10.1. The zero-order valence-electron chi connectivity index (χ0n) is 8.81. The zero-order valence-corrected chi connectivity index (χ0v) is 15.1. The second-order valence-corrected chi connectivity index (χ2v) is 8.01. The van der Waals surface area contributed by atoms with Crippen LogP contribution in [-0.4, -0.2) is 0 Å². The number of hydrogen-bond acceptors (Lipinski definition) is 1. The number of rotatable bonds is 2. The van der Waals surface area contributed by atoms with E-state index in [4.69, 9.17) is 11.6 Å². The fourth-order valence-electron chi connectivity index (χ4n) is 1.47. The van der Waals surface area contributed by atoms with E-state index in [1.807, 2.05) is 19.1 Å². The largest absolute Gasteiger partial charge is 0.127 e. The Labute approximate surface area is 135 Å². The maximum Gasteiger partial charge on any atom is 0.0960 e. The molecule has 1 atom stereocenters. The van der Waals surface area contributed by atoms with Gasteiger partial charge in [-0.05, 0) is 42.3 Å². The fourth-order valence-corrected chi connectivity index (χ4v) is 4.64. The second kappa shape index (κ2) is 5.74. The third-order valence-corrected chi connectivity index (χ3v) is 6.48. The van der Waals surface area contributed by atoms with Gasteiger partial charge in [-0.2, -0.15) is 0 Å². The van der Waals surface area contributed by atoms with E-state index in [9.17, 15) is 0 Å². The van der Waals surface area contributed by atoms with Crippen LogP contribution in [0.25, 0.3) is 0 Å². The molecular weight excluding hydrogens is 451 g/mol. The van der Waals surface area contributed by atoms with Crippen LogP contribution < -0.4 is 0 Å². The molecule has 1 aromatic heterocycles. The van der Waals surface area contributed by atoms with Gasteiger partial charge in [0.1, 0.15) is 0 Å². The molecule has 0 radical (unpaired) electrons. The number of thiophene rings is 1. The number of hydrogen-bond donors (Lipinski definition) is 0. The van der Waals surface area contributed by atoms with Crippen LogP contribution in [0.5, 0.6) is 0 Å². The van der Waals surface area contributed by atoms with Crippen molar-refractivity contribution in [2.45, 2.75) is 11.8 Å². The molecule has 1 heterocycles. The molecule has 0 fully saturated rings. The lowest BCUT2D eigenvalue weighted by Gasteiger charge is -2.10. The quantitative estimate of drug-likeness (QED) is 0.438. The molecule has 1 unspecified atom stereocenters. The van der Waals surface area contributed by atoms with E-state index >= 15 is 0 Å². The normalized spacial score (nSPS) is 12.8. The smallest absolute Gasteiger partial charge is 0.0960 e. The van der Waals surface area contributed by atoms with Crippen molar-refractivity contribution < 1.29 is 0 Å². The van der Waals surface area contributed by atoms with Crippen LogP contribution in [-0.2, 0) is 0 Å². The molecule has 0 N–H and O–H groups in total. The molecular formula is C12H8Br3ClS. The van der Waals surface area contributed by atoms with Crippen molar-refractivity contribution in [3.63, 3.8) is 0 Å². The summed E-state index contributed by atoms with van der Waals surface area (Å²) in [6, 6.07) is 8.28. The molecule has 0 aliphatic rings. The second-order valence-electron chi connectivity index (χ2n) is 3.63. The van der Waals surface area contributed by atoms with Crippen LogP contribution in [0, 0.1) is 6.92 Å². The third kappa shape index (κ3) is 3.16. The molecule has 1 aromatic carbocycles.